The summed E-state index contributed by atoms with van der Waals surface area (Å²) in [6.45, 7) is 1.26. The Bertz CT molecular complexity index is 154. The molecule has 0 bridgehead atoms. The Labute approximate surface area is 86.0 Å². The maximum atomic E-state index is 3.36. The SMILES string of the molecule is CNCC1CCCC1C1CCSC1. The summed E-state index contributed by atoms with van der Waals surface area (Å²) in [5.41, 5.74) is 0. The van der Waals surface area contributed by atoms with Crippen LogP contribution in [0.2, 0.25) is 0 Å². The van der Waals surface area contributed by atoms with Gasteiger partial charge in [0.25, 0.3) is 0 Å². The third-order valence-electron chi connectivity index (χ3n) is 3.75. The van der Waals surface area contributed by atoms with Gasteiger partial charge in [0.15, 0.2) is 0 Å². The molecule has 0 aromatic carbocycles. The van der Waals surface area contributed by atoms with Gasteiger partial charge in [-0.05, 0) is 62.1 Å². The van der Waals surface area contributed by atoms with Crippen molar-refractivity contribution >= 4 is 11.8 Å². The van der Waals surface area contributed by atoms with Crippen molar-refractivity contribution in [2.45, 2.75) is 25.7 Å². The normalized spacial score (nSPS) is 39.9. The van der Waals surface area contributed by atoms with E-state index in [4.69, 9.17) is 0 Å². The number of nitrogens with one attached hydrogen (secondary N) is 1. The molecule has 2 aliphatic rings. The van der Waals surface area contributed by atoms with Gasteiger partial charge in [0, 0.05) is 0 Å². The fourth-order valence-corrected chi connectivity index (χ4v) is 4.44. The van der Waals surface area contributed by atoms with E-state index in [1.54, 1.807) is 0 Å². The Hall–Kier alpha value is 0.310. The van der Waals surface area contributed by atoms with Gasteiger partial charge in [-0.15, -0.1) is 0 Å². The van der Waals surface area contributed by atoms with Crippen LogP contribution in [0.5, 0.6) is 0 Å². The van der Waals surface area contributed by atoms with Crippen molar-refractivity contribution in [3.63, 3.8) is 0 Å². The minimum atomic E-state index is 0.994. The Morgan fingerprint density at radius 2 is 2.23 bits per heavy atom. The first-order chi connectivity index (χ1) is 6.42. The van der Waals surface area contributed by atoms with Gasteiger partial charge < -0.3 is 5.32 Å². The van der Waals surface area contributed by atoms with Crippen molar-refractivity contribution in [3.05, 3.63) is 0 Å². The molecule has 1 N–H and O–H groups in total. The highest BCUT2D eigenvalue weighted by atomic mass is 32.2. The zero-order chi connectivity index (χ0) is 9.10. The molecular weight excluding hydrogens is 178 g/mol. The second-order valence-corrected chi connectivity index (χ2v) is 5.69. The Morgan fingerprint density at radius 1 is 1.31 bits per heavy atom. The summed E-state index contributed by atoms with van der Waals surface area (Å²) in [5.74, 6) is 5.99. The molecule has 1 heterocycles. The smallest absolute Gasteiger partial charge is 0.00208 e. The van der Waals surface area contributed by atoms with Gasteiger partial charge in [-0.25, -0.2) is 0 Å². The number of hydrogen-bond donors (Lipinski definition) is 1. The van der Waals surface area contributed by atoms with Crippen molar-refractivity contribution in [2.24, 2.45) is 17.8 Å². The second-order valence-electron chi connectivity index (χ2n) is 4.54. The average molecular weight is 199 g/mol. The fourth-order valence-electron chi connectivity index (χ4n) is 3.09. The van der Waals surface area contributed by atoms with Crippen LogP contribution in [0.15, 0.2) is 0 Å². The summed E-state index contributed by atoms with van der Waals surface area (Å²) in [6.07, 6.45) is 5.97. The Balaban J connectivity index is 1.88. The molecule has 76 valence electrons. The largest absolute Gasteiger partial charge is 0.319 e. The molecule has 1 aliphatic carbocycles. The molecule has 1 saturated carbocycles. The summed E-state index contributed by atoms with van der Waals surface area (Å²) in [6, 6.07) is 0. The summed E-state index contributed by atoms with van der Waals surface area (Å²) < 4.78 is 0. The second kappa shape index (κ2) is 4.70. The van der Waals surface area contributed by atoms with E-state index in [-0.39, 0.29) is 0 Å². The third kappa shape index (κ3) is 2.21. The predicted octanol–water partition coefficient (Wildman–Crippen LogP) is 2.38. The molecule has 2 fully saturated rings. The summed E-state index contributed by atoms with van der Waals surface area (Å²) in [5, 5.41) is 3.36. The van der Waals surface area contributed by atoms with Crippen molar-refractivity contribution in [2.75, 3.05) is 25.1 Å². The van der Waals surface area contributed by atoms with Crippen LogP contribution in [-0.4, -0.2) is 25.1 Å². The highest BCUT2D eigenvalue weighted by molar-refractivity contribution is 7.99. The summed E-state index contributed by atoms with van der Waals surface area (Å²) >= 11 is 2.17. The van der Waals surface area contributed by atoms with E-state index in [2.05, 4.69) is 24.1 Å². The molecule has 1 aliphatic heterocycles. The van der Waals surface area contributed by atoms with Crippen molar-refractivity contribution < 1.29 is 0 Å². The van der Waals surface area contributed by atoms with Crippen LogP contribution < -0.4 is 5.32 Å². The monoisotopic (exact) mass is 199 g/mol. The van der Waals surface area contributed by atoms with Crippen LogP contribution >= 0.6 is 11.8 Å². The number of rotatable bonds is 3. The number of thioether (sulfide) groups is 1. The van der Waals surface area contributed by atoms with E-state index in [1.807, 2.05) is 0 Å². The first-order valence-corrected chi connectivity index (χ1v) is 6.79. The van der Waals surface area contributed by atoms with E-state index < -0.39 is 0 Å². The standard InChI is InChI=1S/C11H21NS/c1-12-7-9-3-2-4-11(9)10-5-6-13-8-10/h9-12H,2-8H2,1H3. The molecule has 2 rings (SSSR count). The van der Waals surface area contributed by atoms with Crippen molar-refractivity contribution in [3.8, 4) is 0 Å². The van der Waals surface area contributed by atoms with Gasteiger partial charge in [-0.2, -0.15) is 11.8 Å². The lowest BCUT2D eigenvalue weighted by Gasteiger charge is -2.24. The molecule has 2 heteroatoms. The molecule has 1 saturated heterocycles. The van der Waals surface area contributed by atoms with Gasteiger partial charge in [-0.1, -0.05) is 6.42 Å². The van der Waals surface area contributed by atoms with Gasteiger partial charge in [0.2, 0.25) is 0 Å². The average Bonchev–Trinajstić information content (AvgIpc) is 2.71. The van der Waals surface area contributed by atoms with E-state index >= 15 is 0 Å². The fraction of sp³-hybridized carbons (Fsp3) is 1.00. The van der Waals surface area contributed by atoms with Crippen LogP contribution in [-0.2, 0) is 0 Å². The zero-order valence-electron chi connectivity index (χ0n) is 8.59. The lowest BCUT2D eigenvalue weighted by molar-refractivity contribution is 0.279. The molecule has 1 nitrogen and oxygen atoms in total. The molecule has 3 unspecified atom stereocenters. The third-order valence-corrected chi connectivity index (χ3v) is 4.94. The molecule has 0 spiro atoms. The first-order valence-electron chi connectivity index (χ1n) is 5.64. The molecule has 0 radical (unpaired) electrons. The summed E-state index contributed by atoms with van der Waals surface area (Å²) in [4.78, 5) is 0. The highest BCUT2D eigenvalue weighted by Gasteiger charge is 2.34. The van der Waals surface area contributed by atoms with Crippen LogP contribution in [0.1, 0.15) is 25.7 Å². The molecule has 0 amide bonds. The quantitative estimate of drug-likeness (QED) is 0.749. The molecular formula is C11H21NS. The van der Waals surface area contributed by atoms with Crippen LogP contribution in [0.3, 0.4) is 0 Å². The zero-order valence-corrected chi connectivity index (χ0v) is 9.41. The van der Waals surface area contributed by atoms with Crippen LogP contribution in [0.4, 0.5) is 0 Å². The van der Waals surface area contributed by atoms with Gasteiger partial charge in [0.05, 0.1) is 0 Å². The maximum absolute atomic E-state index is 3.36. The van der Waals surface area contributed by atoms with Crippen LogP contribution in [0, 0.1) is 17.8 Å². The highest BCUT2D eigenvalue weighted by Crippen LogP contribution is 2.42. The predicted molar refractivity (Wildman–Crippen MR) is 60.2 cm³/mol. The number of hydrogen-bond acceptors (Lipinski definition) is 2. The van der Waals surface area contributed by atoms with Crippen LogP contribution in [0.25, 0.3) is 0 Å². The Kier molecular flexibility index (Phi) is 3.56. The minimum absolute atomic E-state index is 0.994. The molecule has 13 heavy (non-hydrogen) atoms. The maximum Gasteiger partial charge on any atom is -0.00208 e. The summed E-state index contributed by atoms with van der Waals surface area (Å²) in [7, 11) is 2.10. The minimum Gasteiger partial charge on any atom is -0.319 e. The van der Waals surface area contributed by atoms with Gasteiger partial charge in [-0.3, -0.25) is 0 Å². The molecule has 3 atom stereocenters. The van der Waals surface area contributed by atoms with Crippen molar-refractivity contribution in [1.29, 1.82) is 0 Å². The van der Waals surface area contributed by atoms with E-state index in [0.29, 0.717) is 0 Å². The Morgan fingerprint density at radius 3 is 2.92 bits per heavy atom. The van der Waals surface area contributed by atoms with E-state index in [9.17, 15) is 0 Å². The van der Waals surface area contributed by atoms with Crippen molar-refractivity contribution in [1.82, 2.24) is 5.32 Å². The lowest BCUT2D eigenvalue weighted by atomic mass is 9.83. The van der Waals surface area contributed by atoms with E-state index in [0.717, 1.165) is 17.8 Å². The van der Waals surface area contributed by atoms with E-state index in [1.165, 1.54) is 43.7 Å². The van der Waals surface area contributed by atoms with Gasteiger partial charge in [0.1, 0.15) is 0 Å². The first kappa shape index (κ1) is 9.85. The lowest BCUT2D eigenvalue weighted by Crippen LogP contribution is -2.26. The topological polar surface area (TPSA) is 12.0 Å². The van der Waals surface area contributed by atoms with Gasteiger partial charge >= 0.3 is 0 Å². The molecule has 0 aromatic rings. The molecule has 0 aromatic heterocycles.